The predicted molar refractivity (Wildman–Crippen MR) is 79.7 cm³/mol. The topological polar surface area (TPSA) is 57.7 Å². The number of carbonyl (C=O) groups excluding carboxylic acids is 3. The summed E-state index contributed by atoms with van der Waals surface area (Å²) in [5.41, 5.74) is 0.982. The molecule has 0 heterocycles. The predicted octanol–water partition coefficient (Wildman–Crippen LogP) is 0.933. The molecular weight excluding hydrogens is 256 g/mol. The van der Waals surface area contributed by atoms with Crippen LogP contribution in [0.5, 0.6) is 0 Å². The van der Waals surface area contributed by atoms with Crippen molar-refractivity contribution in [3.63, 3.8) is 0 Å². The van der Waals surface area contributed by atoms with Gasteiger partial charge in [-0.25, -0.2) is 0 Å². The van der Waals surface area contributed by atoms with Gasteiger partial charge >= 0.3 is 0 Å². The molecule has 20 heavy (non-hydrogen) atoms. The normalized spacial score (nSPS) is 10.9. The highest BCUT2D eigenvalue weighted by Gasteiger charge is 2.13. The van der Waals surface area contributed by atoms with Crippen molar-refractivity contribution in [1.29, 1.82) is 0 Å². The second-order valence-corrected chi connectivity index (χ2v) is 5.48. The van der Waals surface area contributed by atoms with Gasteiger partial charge in [-0.05, 0) is 27.7 Å². The molecule has 0 unspecified atom stereocenters. The van der Waals surface area contributed by atoms with Crippen LogP contribution in [0.4, 0.5) is 0 Å². The maximum atomic E-state index is 11.2. The van der Waals surface area contributed by atoms with E-state index in [2.05, 4.69) is 6.58 Å². The van der Waals surface area contributed by atoms with E-state index >= 15 is 0 Å². The Morgan fingerprint density at radius 3 is 1.25 bits per heavy atom. The molecular formula is C15H26N2O3. The summed E-state index contributed by atoms with van der Waals surface area (Å²) in [5, 5.41) is 0. The van der Waals surface area contributed by atoms with Gasteiger partial charge in [0, 0.05) is 19.6 Å². The van der Waals surface area contributed by atoms with E-state index in [4.69, 9.17) is 0 Å². The Balaban J connectivity index is 4.49. The molecule has 0 rings (SSSR count). The Bertz CT molecular complexity index is 309. The minimum atomic E-state index is 0.0317. The number of carbonyl (C=O) groups is 3. The highest BCUT2D eigenvalue weighted by atomic mass is 16.1. The molecule has 0 saturated carbocycles. The van der Waals surface area contributed by atoms with Gasteiger partial charge in [-0.1, -0.05) is 12.2 Å². The summed E-state index contributed by atoms with van der Waals surface area (Å²) in [6.07, 6.45) is 0. The van der Waals surface area contributed by atoms with E-state index in [1.54, 1.807) is 6.92 Å². The minimum Gasteiger partial charge on any atom is -0.299 e. The minimum absolute atomic E-state index is 0.0317. The summed E-state index contributed by atoms with van der Waals surface area (Å²) >= 11 is 0. The number of nitrogens with zero attached hydrogens (tertiary/aromatic N) is 2. The SMILES string of the molecule is C=C(C)CN(CCN(CC(C)=O)CC(C)=O)CC(C)=O. The lowest BCUT2D eigenvalue weighted by molar-refractivity contribution is -0.122. The molecule has 0 spiro atoms. The summed E-state index contributed by atoms with van der Waals surface area (Å²) < 4.78 is 0. The van der Waals surface area contributed by atoms with Crippen molar-refractivity contribution in [2.75, 3.05) is 39.3 Å². The van der Waals surface area contributed by atoms with E-state index in [9.17, 15) is 14.4 Å². The summed E-state index contributed by atoms with van der Waals surface area (Å²) in [5.74, 6) is 0.157. The van der Waals surface area contributed by atoms with Crippen molar-refractivity contribution < 1.29 is 14.4 Å². The third-order valence-electron chi connectivity index (χ3n) is 2.56. The zero-order valence-corrected chi connectivity index (χ0v) is 13.1. The molecule has 0 aromatic rings. The van der Waals surface area contributed by atoms with Crippen LogP contribution in [0, 0.1) is 0 Å². The van der Waals surface area contributed by atoms with E-state index in [-0.39, 0.29) is 30.4 Å². The molecule has 114 valence electrons. The Morgan fingerprint density at radius 1 is 0.700 bits per heavy atom. The van der Waals surface area contributed by atoms with Crippen LogP contribution >= 0.6 is 0 Å². The van der Waals surface area contributed by atoms with Crippen molar-refractivity contribution in [3.8, 4) is 0 Å². The van der Waals surface area contributed by atoms with E-state index in [0.717, 1.165) is 5.57 Å². The third kappa shape index (κ3) is 10.6. The zero-order valence-electron chi connectivity index (χ0n) is 13.1. The van der Waals surface area contributed by atoms with Crippen LogP contribution in [0.3, 0.4) is 0 Å². The molecule has 0 aliphatic heterocycles. The van der Waals surface area contributed by atoms with Gasteiger partial charge in [0.25, 0.3) is 0 Å². The van der Waals surface area contributed by atoms with Crippen LogP contribution in [0.1, 0.15) is 27.7 Å². The smallest absolute Gasteiger partial charge is 0.143 e. The fraction of sp³-hybridized carbons (Fsp3) is 0.667. The van der Waals surface area contributed by atoms with Gasteiger partial charge in [0.05, 0.1) is 19.6 Å². The fourth-order valence-corrected chi connectivity index (χ4v) is 2.04. The molecule has 0 aromatic carbocycles. The van der Waals surface area contributed by atoms with E-state index in [1.807, 2.05) is 16.7 Å². The molecule has 0 radical (unpaired) electrons. The van der Waals surface area contributed by atoms with E-state index in [1.165, 1.54) is 13.8 Å². The zero-order chi connectivity index (χ0) is 15.7. The fourth-order valence-electron chi connectivity index (χ4n) is 2.04. The average molecular weight is 282 g/mol. The van der Waals surface area contributed by atoms with Crippen molar-refractivity contribution in [1.82, 2.24) is 9.80 Å². The van der Waals surface area contributed by atoms with Crippen molar-refractivity contribution >= 4 is 17.3 Å². The summed E-state index contributed by atoms with van der Waals surface area (Å²) in [6.45, 7) is 13.1. The van der Waals surface area contributed by atoms with Gasteiger partial charge in [0.15, 0.2) is 0 Å². The lowest BCUT2D eigenvalue weighted by atomic mass is 10.2. The number of rotatable bonds is 11. The maximum absolute atomic E-state index is 11.2. The van der Waals surface area contributed by atoms with Gasteiger partial charge < -0.3 is 0 Å². The van der Waals surface area contributed by atoms with Gasteiger partial charge in [-0.2, -0.15) is 0 Å². The van der Waals surface area contributed by atoms with Crippen LogP contribution in [0.25, 0.3) is 0 Å². The summed E-state index contributed by atoms with van der Waals surface area (Å²) in [6, 6.07) is 0. The molecule has 5 heteroatoms. The molecule has 0 amide bonds. The van der Waals surface area contributed by atoms with Gasteiger partial charge in [-0.3, -0.25) is 24.2 Å². The summed E-state index contributed by atoms with van der Waals surface area (Å²) in [7, 11) is 0. The van der Waals surface area contributed by atoms with Crippen molar-refractivity contribution in [2.24, 2.45) is 0 Å². The van der Waals surface area contributed by atoms with Crippen LogP contribution in [0.15, 0.2) is 12.2 Å². The second-order valence-electron chi connectivity index (χ2n) is 5.48. The van der Waals surface area contributed by atoms with Crippen molar-refractivity contribution in [2.45, 2.75) is 27.7 Å². The van der Waals surface area contributed by atoms with Gasteiger partial charge in [0.1, 0.15) is 17.3 Å². The van der Waals surface area contributed by atoms with E-state index < -0.39 is 0 Å². The van der Waals surface area contributed by atoms with Crippen LogP contribution in [-0.4, -0.2) is 66.4 Å². The van der Waals surface area contributed by atoms with Crippen LogP contribution in [0.2, 0.25) is 0 Å². The first-order chi connectivity index (χ1) is 9.20. The molecule has 0 aliphatic carbocycles. The molecule has 0 bridgehead atoms. The highest BCUT2D eigenvalue weighted by molar-refractivity contribution is 5.80. The second kappa shape index (κ2) is 9.55. The van der Waals surface area contributed by atoms with Gasteiger partial charge in [-0.15, -0.1) is 0 Å². The van der Waals surface area contributed by atoms with E-state index in [0.29, 0.717) is 26.2 Å². The molecule has 0 N–H and O–H groups in total. The number of ketones is 3. The lowest BCUT2D eigenvalue weighted by Gasteiger charge is -2.26. The summed E-state index contributed by atoms with van der Waals surface area (Å²) in [4.78, 5) is 37.4. The van der Waals surface area contributed by atoms with Crippen LogP contribution < -0.4 is 0 Å². The van der Waals surface area contributed by atoms with Crippen LogP contribution in [-0.2, 0) is 14.4 Å². The van der Waals surface area contributed by atoms with Gasteiger partial charge in [0.2, 0.25) is 0 Å². The Hall–Kier alpha value is -1.33. The largest absolute Gasteiger partial charge is 0.299 e. The quantitative estimate of drug-likeness (QED) is 0.528. The Kier molecular flexibility index (Phi) is 8.92. The Labute approximate surface area is 121 Å². The molecule has 5 nitrogen and oxygen atoms in total. The first kappa shape index (κ1) is 18.7. The monoisotopic (exact) mass is 282 g/mol. The first-order valence-electron chi connectivity index (χ1n) is 6.78. The molecule has 0 aromatic heterocycles. The molecule has 0 fully saturated rings. The molecule has 0 saturated heterocycles. The Morgan fingerprint density at radius 2 is 1.00 bits per heavy atom. The number of hydrogen-bond donors (Lipinski definition) is 0. The first-order valence-corrected chi connectivity index (χ1v) is 6.78. The lowest BCUT2D eigenvalue weighted by Crippen LogP contribution is -2.41. The standard InChI is InChI=1S/C15H26N2O3/c1-12(2)8-16(9-13(3)18)6-7-17(10-14(4)19)11-15(5)20/h1,6-11H2,2-5H3. The molecule has 0 aliphatic rings. The average Bonchev–Trinajstić information content (AvgIpc) is 2.22. The maximum Gasteiger partial charge on any atom is 0.143 e. The number of hydrogen-bond acceptors (Lipinski definition) is 5. The number of Topliss-reactive ketones (excluding diaryl/α,β-unsaturated/α-hetero) is 3. The third-order valence-corrected chi connectivity index (χ3v) is 2.56. The molecule has 0 atom stereocenters. The highest BCUT2D eigenvalue weighted by Crippen LogP contribution is 1.99. The van der Waals surface area contributed by atoms with Crippen molar-refractivity contribution in [3.05, 3.63) is 12.2 Å².